The molecule has 0 radical (unpaired) electrons. The summed E-state index contributed by atoms with van der Waals surface area (Å²) in [5.74, 6) is -0.498. The number of rotatable bonds is 8. The van der Waals surface area contributed by atoms with Crippen molar-refractivity contribution in [3.63, 3.8) is 0 Å². The molecule has 0 saturated carbocycles. The lowest BCUT2D eigenvalue weighted by Crippen LogP contribution is -2.65. The van der Waals surface area contributed by atoms with Crippen LogP contribution in [-0.2, 0) is 16.1 Å². The van der Waals surface area contributed by atoms with Crippen molar-refractivity contribution in [1.29, 1.82) is 0 Å². The molecule has 3 aliphatic heterocycles. The number of carboxylic acid groups (broad SMARTS) is 1. The van der Waals surface area contributed by atoms with Crippen molar-refractivity contribution < 1.29 is 34.8 Å². The average Bonchev–Trinajstić information content (AvgIpc) is 3.36. The Balaban J connectivity index is 0.000000274. The zero-order chi connectivity index (χ0) is 31.1. The molecule has 0 spiro atoms. The fourth-order valence-corrected chi connectivity index (χ4v) is 6.14. The van der Waals surface area contributed by atoms with Crippen LogP contribution in [0.25, 0.3) is 0 Å². The Morgan fingerprint density at radius 3 is 1.86 bits per heavy atom. The first-order valence-electron chi connectivity index (χ1n) is 15.0. The number of nitrogens with zero attached hydrogens (tertiary/aromatic N) is 7. The molecule has 5 N–H and O–H groups in total. The highest BCUT2D eigenvalue weighted by Gasteiger charge is 2.41. The molecule has 0 aromatic carbocycles. The summed E-state index contributed by atoms with van der Waals surface area (Å²) >= 11 is 0. The number of carbonyl (C=O) groups excluding carboxylic acids is 1. The molecule has 3 fully saturated rings. The molecule has 0 bridgehead atoms. The summed E-state index contributed by atoms with van der Waals surface area (Å²) in [5, 5.41) is 47.8. The smallest absolute Gasteiger partial charge is 0.377 e. The summed E-state index contributed by atoms with van der Waals surface area (Å²) in [7, 11) is -2.69. The van der Waals surface area contributed by atoms with Crippen LogP contribution < -0.4 is 0 Å². The number of carboxylic acids is 1. The first-order valence-corrected chi connectivity index (χ1v) is 15.0. The standard InChI is InChI=1S/C17H31B2N5O3.C7H16B2N2O4/c1-14-9-21(13-20-14)10-15-5-4-6-22(11-15)17(25)16-12-23(18(2)26)7-8-24(16)19(3)27;1-8(14)10-3-4-11(9(2)15)6(5-10)7(12)13/h9,13,15-16,26-27H,4-8,10-12H2,1-3H3;6,14-15H,3-5H2,1-2H3,(H,12,13)/t15-,16-;6-/m11/s1. The molecule has 3 atom stereocenters. The fraction of sp³-hybridized carbons (Fsp3) is 0.792. The Morgan fingerprint density at radius 2 is 1.38 bits per heavy atom. The van der Waals surface area contributed by atoms with E-state index in [0.29, 0.717) is 38.6 Å². The third-order valence-electron chi connectivity index (χ3n) is 8.56. The number of aryl methyl sites for hydroxylation is 1. The third kappa shape index (κ3) is 9.29. The molecule has 1 aromatic rings. The maximum atomic E-state index is 13.3. The second-order valence-electron chi connectivity index (χ2n) is 11.9. The van der Waals surface area contributed by atoms with Gasteiger partial charge in [-0.2, -0.15) is 0 Å². The first kappa shape index (κ1) is 34.6. The van der Waals surface area contributed by atoms with Crippen LogP contribution in [0.2, 0.25) is 27.3 Å². The van der Waals surface area contributed by atoms with E-state index >= 15 is 0 Å². The minimum Gasteiger partial charge on any atom is -0.480 e. The van der Waals surface area contributed by atoms with Gasteiger partial charge in [-0.25, -0.2) is 4.98 Å². The molecule has 3 saturated heterocycles. The van der Waals surface area contributed by atoms with Crippen molar-refractivity contribution in [3.05, 3.63) is 18.2 Å². The zero-order valence-electron chi connectivity index (χ0n) is 25.7. The number of aromatic nitrogens is 2. The lowest BCUT2D eigenvalue weighted by molar-refractivity contribution is -0.143. The number of hydrogen-bond acceptors (Lipinski definition) is 11. The molecular weight excluding hydrogens is 542 g/mol. The van der Waals surface area contributed by atoms with E-state index in [-0.39, 0.29) is 12.5 Å². The van der Waals surface area contributed by atoms with Gasteiger partial charge in [-0.3, -0.25) is 9.59 Å². The van der Waals surface area contributed by atoms with Crippen molar-refractivity contribution in [1.82, 2.24) is 33.7 Å². The quantitative estimate of drug-likeness (QED) is 0.210. The van der Waals surface area contributed by atoms with Crippen LogP contribution >= 0.6 is 0 Å². The van der Waals surface area contributed by atoms with Gasteiger partial charge >= 0.3 is 34.2 Å². The normalized spacial score (nSPS) is 24.5. The van der Waals surface area contributed by atoms with Gasteiger partial charge in [0, 0.05) is 65.1 Å². The largest absolute Gasteiger partial charge is 0.480 e. The molecule has 232 valence electrons. The van der Waals surface area contributed by atoms with Crippen molar-refractivity contribution in [2.24, 2.45) is 5.92 Å². The van der Waals surface area contributed by atoms with E-state index in [1.54, 1.807) is 32.1 Å². The summed E-state index contributed by atoms with van der Waals surface area (Å²) < 4.78 is 2.10. The Kier molecular flexibility index (Phi) is 12.9. The fourth-order valence-electron chi connectivity index (χ4n) is 6.14. The minimum atomic E-state index is -0.971. The number of hydrogen-bond donors (Lipinski definition) is 5. The van der Waals surface area contributed by atoms with E-state index < -0.39 is 46.3 Å². The molecule has 3 aliphatic rings. The first-order chi connectivity index (χ1) is 19.8. The summed E-state index contributed by atoms with van der Waals surface area (Å²) in [6, 6.07) is -1.17. The van der Waals surface area contributed by atoms with Crippen molar-refractivity contribution >= 4 is 40.1 Å². The van der Waals surface area contributed by atoms with Crippen LogP contribution in [0.3, 0.4) is 0 Å². The van der Waals surface area contributed by atoms with E-state index in [9.17, 15) is 29.7 Å². The van der Waals surface area contributed by atoms with Gasteiger partial charge in [0.05, 0.1) is 18.1 Å². The van der Waals surface area contributed by atoms with Crippen LogP contribution in [0.5, 0.6) is 0 Å². The molecule has 18 heteroatoms. The van der Waals surface area contributed by atoms with Crippen molar-refractivity contribution in [2.75, 3.05) is 52.4 Å². The number of piperazine rings is 2. The molecule has 1 aromatic heterocycles. The highest BCUT2D eigenvalue weighted by Crippen LogP contribution is 2.22. The molecule has 42 heavy (non-hydrogen) atoms. The molecule has 0 unspecified atom stereocenters. The van der Waals surface area contributed by atoms with Crippen LogP contribution in [0.15, 0.2) is 12.5 Å². The molecule has 4 rings (SSSR count). The number of likely N-dealkylation sites (tertiary alicyclic amines) is 1. The van der Waals surface area contributed by atoms with Gasteiger partial charge in [0.25, 0.3) is 0 Å². The summed E-state index contributed by atoms with van der Waals surface area (Å²) in [5.41, 5.74) is 1.01. The number of carbonyl (C=O) groups is 2. The van der Waals surface area contributed by atoms with Gasteiger partial charge in [-0.1, -0.05) is 0 Å². The molecule has 0 aliphatic carbocycles. The second-order valence-corrected chi connectivity index (χ2v) is 11.9. The maximum Gasteiger partial charge on any atom is 0.377 e. The Morgan fingerprint density at radius 1 is 0.833 bits per heavy atom. The van der Waals surface area contributed by atoms with Gasteiger partial charge in [-0.05, 0) is 53.0 Å². The second kappa shape index (κ2) is 15.7. The van der Waals surface area contributed by atoms with Gasteiger partial charge in [0.2, 0.25) is 5.91 Å². The number of imidazole rings is 1. The molecule has 4 heterocycles. The Labute approximate surface area is 250 Å². The number of piperidine rings is 1. The van der Waals surface area contributed by atoms with Crippen LogP contribution in [-0.4, -0.2) is 163 Å². The molecule has 1 amide bonds. The monoisotopic (exact) mass is 589 g/mol. The average molecular weight is 589 g/mol. The SMILES string of the molecule is CB(O)N1CCN(B(C)O)[C@@H](C(=O)N2CCC[C@H](Cn3cnc(C)c3)C2)C1.CB(O)N1CCN(B(C)O)[C@@H](C(=O)O)C1. The van der Waals surface area contributed by atoms with E-state index in [4.69, 9.17) is 5.11 Å². The van der Waals surface area contributed by atoms with Gasteiger partial charge in [0.15, 0.2) is 0 Å². The Hall–Kier alpha value is -1.91. The topological polar surface area (TPSA) is 169 Å². The summed E-state index contributed by atoms with van der Waals surface area (Å²) in [4.78, 5) is 37.4. The van der Waals surface area contributed by atoms with E-state index in [1.165, 1.54) is 4.81 Å². The molecular formula is C24H47B4N7O7. The maximum absolute atomic E-state index is 13.3. The van der Waals surface area contributed by atoms with Crippen molar-refractivity contribution in [3.8, 4) is 0 Å². The van der Waals surface area contributed by atoms with Gasteiger partial charge in [0.1, 0.15) is 6.04 Å². The highest BCUT2D eigenvalue weighted by molar-refractivity contribution is 6.47. The zero-order valence-corrected chi connectivity index (χ0v) is 25.7. The molecule has 14 nitrogen and oxygen atoms in total. The Bertz CT molecular complexity index is 1020. The van der Waals surface area contributed by atoms with E-state index in [2.05, 4.69) is 9.55 Å². The van der Waals surface area contributed by atoms with Crippen LogP contribution in [0.1, 0.15) is 18.5 Å². The lowest BCUT2D eigenvalue weighted by atomic mass is 9.78. The predicted molar refractivity (Wildman–Crippen MR) is 163 cm³/mol. The van der Waals surface area contributed by atoms with E-state index in [0.717, 1.165) is 38.2 Å². The predicted octanol–water partition coefficient (Wildman–Crippen LogP) is -2.09. The minimum absolute atomic E-state index is 0.0627. The highest BCUT2D eigenvalue weighted by atomic mass is 16.4. The van der Waals surface area contributed by atoms with Crippen LogP contribution in [0, 0.1) is 12.8 Å². The number of aliphatic carboxylic acids is 1. The van der Waals surface area contributed by atoms with Crippen LogP contribution in [0.4, 0.5) is 0 Å². The summed E-state index contributed by atoms with van der Waals surface area (Å²) in [6.45, 7) is 13.8. The lowest BCUT2D eigenvalue weighted by Gasteiger charge is -2.44. The third-order valence-corrected chi connectivity index (χ3v) is 8.56. The van der Waals surface area contributed by atoms with E-state index in [1.807, 2.05) is 34.0 Å². The van der Waals surface area contributed by atoms with Gasteiger partial charge in [-0.15, -0.1) is 0 Å². The van der Waals surface area contributed by atoms with Crippen molar-refractivity contribution in [2.45, 2.75) is 65.7 Å². The van der Waals surface area contributed by atoms with Gasteiger partial charge < -0.3 is 53.9 Å². The summed E-state index contributed by atoms with van der Waals surface area (Å²) in [6.07, 6.45) is 5.99. The number of amides is 1.